The molecule has 1 rings (SSSR count). The zero-order valence-electron chi connectivity index (χ0n) is 9.45. The highest BCUT2D eigenvalue weighted by Gasteiger charge is 2.15. The number of aromatic nitrogens is 1. The monoisotopic (exact) mass is 210 g/mol. The molecule has 0 bridgehead atoms. The lowest BCUT2D eigenvalue weighted by Crippen LogP contribution is -2.27. The fourth-order valence-corrected chi connectivity index (χ4v) is 1.01. The molecular weight excluding hydrogens is 192 g/mol. The summed E-state index contributed by atoms with van der Waals surface area (Å²) in [4.78, 5) is 4.21. The summed E-state index contributed by atoms with van der Waals surface area (Å²) in [5, 5.41) is 12.2. The van der Waals surface area contributed by atoms with Gasteiger partial charge in [0.15, 0.2) is 0 Å². The second-order valence-electron chi connectivity index (χ2n) is 4.24. The Bertz CT molecular complexity index is 313. The molecule has 1 aromatic heterocycles. The predicted molar refractivity (Wildman–Crippen MR) is 60.1 cm³/mol. The van der Waals surface area contributed by atoms with E-state index in [0.717, 1.165) is 5.82 Å². The van der Waals surface area contributed by atoms with Gasteiger partial charge in [-0.05, 0) is 6.07 Å². The Morgan fingerprint density at radius 1 is 1.47 bits per heavy atom. The molecule has 1 aromatic rings. The van der Waals surface area contributed by atoms with Crippen LogP contribution in [0.1, 0.15) is 13.8 Å². The molecule has 0 saturated carbocycles. The zero-order valence-corrected chi connectivity index (χ0v) is 9.45. The van der Waals surface area contributed by atoms with Crippen molar-refractivity contribution in [3.63, 3.8) is 0 Å². The van der Waals surface area contributed by atoms with Crippen LogP contribution < -0.4 is 10.1 Å². The van der Waals surface area contributed by atoms with Gasteiger partial charge in [-0.15, -0.1) is 0 Å². The number of rotatable bonds is 5. The standard InChI is InChI=1S/C11H18N2O2/c1-11(2,8-14)7-12-9-5-4-6-10(13-9)15-3/h4-6,14H,7-8H2,1-3H3,(H,12,13). The molecule has 0 aliphatic carbocycles. The van der Waals surface area contributed by atoms with E-state index in [2.05, 4.69) is 10.3 Å². The number of nitrogens with zero attached hydrogens (tertiary/aromatic N) is 1. The summed E-state index contributed by atoms with van der Waals surface area (Å²) >= 11 is 0. The molecule has 0 aliphatic rings. The van der Waals surface area contributed by atoms with Crippen LogP contribution in [-0.2, 0) is 0 Å². The third-order valence-electron chi connectivity index (χ3n) is 2.11. The molecule has 84 valence electrons. The molecule has 0 fully saturated rings. The van der Waals surface area contributed by atoms with Crippen molar-refractivity contribution >= 4 is 5.82 Å². The average Bonchev–Trinajstić information content (AvgIpc) is 2.27. The SMILES string of the molecule is COc1cccc(NCC(C)(C)CO)n1. The summed E-state index contributed by atoms with van der Waals surface area (Å²) in [5.74, 6) is 1.35. The number of anilines is 1. The van der Waals surface area contributed by atoms with Crippen molar-refractivity contribution in [2.24, 2.45) is 5.41 Å². The molecule has 4 nitrogen and oxygen atoms in total. The van der Waals surface area contributed by atoms with E-state index in [0.29, 0.717) is 12.4 Å². The molecule has 0 spiro atoms. The van der Waals surface area contributed by atoms with Crippen molar-refractivity contribution in [2.45, 2.75) is 13.8 Å². The number of aliphatic hydroxyl groups excluding tert-OH is 1. The highest BCUT2D eigenvalue weighted by molar-refractivity contribution is 5.37. The molecule has 0 radical (unpaired) electrons. The van der Waals surface area contributed by atoms with E-state index in [4.69, 9.17) is 9.84 Å². The Labute approximate surface area is 90.3 Å². The Morgan fingerprint density at radius 2 is 2.20 bits per heavy atom. The van der Waals surface area contributed by atoms with E-state index >= 15 is 0 Å². The first kappa shape index (κ1) is 11.8. The Morgan fingerprint density at radius 3 is 2.80 bits per heavy atom. The molecule has 0 unspecified atom stereocenters. The third kappa shape index (κ3) is 3.75. The number of ether oxygens (including phenoxy) is 1. The highest BCUT2D eigenvalue weighted by atomic mass is 16.5. The lowest BCUT2D eigenvalue weighted by molar-refractivity contribution is 0.170. The zero-order chi connectivity index (χ0) is 11.3. The van der Waals surface area contributed by atoms with Gasteiger partial charge in [0.1, 0.15) is 5.82 Å². The topological polar surface area (TPSA) is 54.4 Å². The molecular formula is C11H18N2O2. The van der Waals surface area contributed by atoms with Gasteiger partial charge in [-0.3, -0.25) is 0 Å². The summed E-state index contributed by atoms with van der Waals surface area (Å²) in [7, 11) is 1.59. The van der Waals surface area contributed by atoms with Gasteiger partial charge in [-0.1, -0.05) is 19.9 Å². The minimum Gasteiger partial charge on any atom is -0.481 e. The summed E-state index contributed by atoms with van der Waals surface area (Å²) in [6.45, 7) is 4.79. The number of hydrogen-bond acceptors (Lipinski definition) is 4. The Kier molecular flexibility index (Phi) is 3.91. The van der Waals surface area contributed by atoms with Gasteiger partial charge in [0.25, 0.3) is 0 Å². The largest absolute Gasteiger partial charge is 0.481 e. The molecule has 0 aliphatic heterocycles. The van der Waals surface area contributed by atoms with Crippen molar-refractivity contribution in [3.05, 3.63) is 18.2 Å². The second kappa shape index (κ2) is 4.98. The summed E-state index contributed by atoms with van der Waals surface area (Å²) < 4.78 is 5.01. The first-order chi connectivity index (χ1) is 7.07. The number of methoxy groups -OCH3 is 1. The molecule has 0 aromatic carbocycles. The second-order valence-corrected chi connectivity index (χ2v) is 4.24. The van der Waals surface area contributed by atoms with Gasteiger partial charge >= 0.3 is 0 Å². The van der Waals surface area contributed by atoms with E-state index in [1.165, 1.54) is 0 Å². The van der Waals surface area contributed by atoms with Crippen molar-refractivity contribution < 1.29 is 9.84 Å². The molecule has 2 N–H and O–H groups in total. The smallest absolute Gasteiger partial charge is 0.214 e. The molecule has 1 heterocycles. The van der Waals surface area contributed by atoms with E-state index < -0.39 is 0 Å². The lowest BCUT2D eigenvalue weighted by atomic mass is 9.95. The van der Waals surface area contributed by atoms with Gasteiger partial charge in [0.05, 0.1) is 7.11 Å². The maximum Gasteiger partial charge on any atom is 0.214 e. The summed E-state index contributed by atoms with van der Waals surface area (Å²) in [6, 6.07) is 5.54. The van der Waals surface area contributed by atoms with E-state index in [9.17, 15) is 0 Å². The highest BCUT2D eigenvalue weighted by Crippen LogP contribution is 2.16. The van der Waals surface area contributed by atoms with Crippen LogP contribution in [0.5, 0.6) is 5.88 Å². The molecule has 0 amide bonds. The van der Waals surface area contributed by atoms with Crippen molar-refractivity contribution in [1.82, 2.24) is 4.98 Å². The number of hydrogen-bond donors (Lipinski definition) is 2. The first-order valence-corrected chi connectivity index (χ1v) is 4.93. The van der Waals surface area contributed by atoms with Gasteiger partial charge in [-0.2, -0.15) is 4.98 Å². The van der Waals surface area contributed by atoms with Crippen LogP contribution >= 0.6 is 0 Å². The fourth-order valence-electron chi connectivity index (χ4n) is 1.01. The van der Waals surface area contributed by atoms with Crippen LogP contribution in [0.2, 0.25) is 0 Å². The number of aliphatic hydroxyl groups is 1. The molecule has 4 heteroatoms. The van der Waals surface area contributed by atoms with E-state index in [1.54, 1.807) is 13.2 Å². The molecule has 15 heavy (non-hydrogen) atoms. The third-order valence-corrected chi connectivity index (χ3v) is 2.11. The maximum atomic E-state index is 9.09. The van der Waals surface area contributed by atoms with Crippen LogP contribution in [0, 0.1) is 5.41 Å². The predicted octanol–water partition coefficient (Wildman–Crippen LogP) is 1.52. The van der Waals surface area contributed by atoms with Crippen LogP contribution in [0.4, 0.5) is 5.82 Å². The van der Waals surface area contributed by atoms with Crippen LogP contribution in [0.3, 0.4) is 0 Å². The quantitative estimate of drug-likeness (QED) is 0.773. The average molecular weight is 210 g/mol. The van der Waals surface area contributed by atoms with E-state index in [1.807, 2.05) is 26.0 Å². The normalized spacial score (nSPS) is 11.2. The first-order valence-electron chi connectivity index (χ1n) is 4.93. The van der Waals surface area contributed by atoms with Gasteiger partial charge in [0, 0.05) is 24.6 Å². The Hall–Kier alpha value is -1.29. The molecule has 0 saturated heterocycles. The summed E-state index contributed by atoms with van der Waals surface area (Å²) in [6.07, 6.45) is 0. The van der Waals surface area contributed by atoms with E-state index in [-0.39, 0.29) is 12.0 Å². The maximum absolute atomic E-state index is 9.09. The van der Waals surface area contributed by atoms with Crippen LogP contribution in [0.25, 0.3) is 0 Å². The van der Waals surface area contributed by atoms with Gasteiger partial charge in [0.2, 0.25) is 5.88 Å². The van der Waals surface area contributed by atoms with Gasteiger partial charge < -0.3 is 15.2 Å². The van der Waals surface area contributed by atoms with Crippen molar-refractivity contribution in [2.75, 3.05) is 25.6 Å². The lowest BCUT2D eigenvalue weighted by Gasteiger charge is -2.22. The van der Waals surface area contributed by atoms with Gasteiger partial charge in [-0.25, -0.2) is 0 Å². The molecule has 0 atom stereocenters. The van der Waals surface area contributed by atoms with Crippen molar-refractivity contribution in [3.8, 4) is 5.88 Å². The fraction of sp³-hybridized carbons (Fsp3) is 0.545. The minimum atomic E-state index is -0.148. The summed E-state index contributed by atoms with van der Waals surface area (Å²) in [5.41, 5.74) is -0.148. The minimum absolute atomic E-state index is 0.143. The Balaban J connectivity index is 2.57. The van der Waals surface area contributed by atoms with Crippen LogP contribution in [0.15, 0.2) is 18.2 Å². The number of pyridine rings is 1. The van der Waals surface area contributed by atoms with Crippen molar-refractivity contribution in [1.29, 1.82) is 0 Å². The number of nitrogens with one attached hydrogen (secondary N) is 1. The van der Waals surface area contributed by atoms with Crippen LogP contribution in [-0.4, -0.2) is 30.4 Å².